The minimum atomic E-state index is -0.597. The van der Waals surface area contributed by atoms with Crippen molar-refractivity contribution >= 4 is 17.9 Å². The molecule has 0 atom stereocenters. The first-order chi connectivity index (χ1) is 14.6. The maximum absolute atomic E-state index is 11.0. The van der Waals surface area contributed by atoms with Crippen LogP contribution in [0.25, 0.3) is 17.1 Å². The van der Waals surface area contributed by atoms with Gasteiger partial charge in [0.25, 0.3) is 0 Å². The van der Waals surface area contributed by atoms with Gasteiger partial charge in [-0.3, -0.25) is 15.5 Å². The fourth-order valence-electron chi connectivity index (χ4n) is 2.69. The first-order valence-electron chi connectivity index (χ1n) is 8.83. The number of hydrazone groups is 1. The van der Waals surface area contributed by atoms with E-state index in [1.165, 1.54) is 12.1 Å². The lowest BCUT2D eigenvalue weighted by atomic mass is 10.2. The Morgan fingerprint density at radius 1 is 1.20 bits per heavy atom. The van der Waals surface area contributed by atoms with Crippen molar-refractivity contribution in [3.05, 3.63) is 82.7 Å². The van der Waals surface area contributed by atoms with Crippen LogP contribution in [0.2, 0.25) is 0 Å². The molecule has 0 unspecified atom stereocenters. The molecule has 10 heteroatoms. The molecular weight excluding hydrogens is 388 g/mol. The number of furan rings is 1. The summed E-state index contributed by atoms with van der Waals surface area (Å²) >= 11 is 0. The van der Waals surface area contributed by atoms with Crippen LogP contribution in [0.15, 0.2) is 76.5 Å². The quantitative estimate of drug-likeness (QED) is 0.282. The first-order valence-corrected chi connectivity index (χ1v) is 8.83. The lowest BCUT2D eigenvalue weighted by molar-refractivity contribution is -0.401. The van der Waals surface area contributed by atoms with Crippen LogP contribution in [0.3, 0.4) is 0 Å². The van der Waals surface area contributed by atoms with E-state index in [9.17, 15) is 10.1 Å². The third-order valence-electron chi connectivity index (χ3n) is 4.13. The third-order valence-corrected chi connectivity index (χ3v) is 4.13. The molecule has 1 aromatic carbocycles. The Balaban J connectivity index is 1.69. The van der Waals surface area contributed by atoms with Gasteiger partial charge < -0.3 is 9.15 Å². The Labute approximate surface area is 170 Å². The van der Waals surface area contributed by atoms with E-state index >= 15 is 0 Å². The van der Waals surface area contributed by atoms with Crippen LogP contribution in [0.5, 0.6) is 5.75 Å². The zero-order valence-electron chi connectivity index (χ0n) is 15.8. The average molecular weight is 404 g/mol. The largest absolute Gasteiger partial charge is 0.497 e. The van der Waals surface area contributed by atoms with Gasteiger partial charge in [-0.15, -0.1) is 0 Å². The van der Waals surface area contributed by atoms with E-state index in [0.717, 1.165) is 5.69 Å². The van der Waals surface area contributed by atoms with Crippen LogP contribution in [-0.4, -0.2) is 33.0 Å². The minimum Gasteiger partial charge on any atom is -0.497 e. The van der Waals surface area contributed by atoms with Crippen LogP contribution in [0.4, 0.5) is 11.7 Å². The molecule has 0 bridgehead atoms. The Hall–Kier alpha value is -4.47. The Kier molecular flexibility index (Phi) is 5.20. The second kappa shape index (κ2) is 8.27. The van der Waals surface area contributed by atoms with Crippen molar-refractivity contribution in [2.24, 2.45) is 5.10 Å². The second-order valence-corrected chi connectivity index (χ2v) is 6.06. The Bertz CT molecular complexity index is 1180. The summed E-state index contributed by atoms with van der Waals surface area (Å²) in [6, 6.07) is 15.5. The van der Waals surface area contributed by atoms with Gasteiger partial charge in [0.2, 0.25) is 0 Å². The Morgan fingerprint density at radius 3 is 2.70 bits per heavy atom. The van der Waals surface area contributed by atoms with Gasteiger partial charge in [-0.2, -0.15) is 10.2 Å². The average Bonchev–Trinajstić information content (AvgIpc) is 3.42. The van der Waals surface area contributed by atoms with Crippen molar-refractivity contribution in [2.75, 3.05) is 12.5 Å². The SMILES string of the molecule is COc1ccc(-n2cc(C=NNc3ccccn3)c(-c3ccc([N+](=O)[O-])o3)n2)cc1. The molecule has 4 rings (SSSR count). The van der Waals surface area contributed by atoms with Crippen molar-refractivity contribution in [2.45, 2.75) is 0 Å². The zero-order chi connectivity index (χ0) is 20.9. The summed E-state index contributed by atoms with van der Waals surface area (Å²) in [7, 11) is 1.59. The molecule has 1 N–H and O–H groups in total. The first kappa shape index (κ1) is 18.9. The molecule has 10 nitrogen and oxygen atoms in total. The maximum atomic E-state index is 11.0. The van der Waals surface area contributed by atoms with Gasteiger partial charge in [-0.1, -0.05) is 6.07 Å². The number of rotatable bonds is 7. The highest BCUT2D eigenvalue weighted by Crippen LogP contribution is 2.28. The molecule has 0 amide bonds. The minimum absolute atomic E-state index is 0.258. The van der Waals surface area contributed by atoms with E-state index in [1.807, 2.05) is 30.3 Å². The predicted molar refractivity (Wildman–Crippen MR) is 110 cm³/mol. The molecule has 3 heterocycles. The number of anilines is 1. The van der Waals surface area contributed by atoms with Crippen molar-refractivity contribution in [1.29, 1.82) is 0 Å². The number of pyridine rings is 1. The van der Waals surface area contributed by atoms with Crippen molar-refractivity contribution in [1.82, 2.24) is 14.8 Å². The van der Waals surface area contributed by atoms with Crippen LogP contribution in [0.1, 0.15) is 5.56 Å². The summed E-state index contributed by atoms with van der Waals surface area (Å²) in [5.41, 5.74) is 4.60. The smallest absolute Gasteiger partial charge is 0.433 e. The number of ether oxygens (including phenoxy) is 1. The second-order valence-electron chi connectivity index (χ2n) is 6.06. The highest BCUT2D eigenvalue weighted by Gasteiger charge is 2.19. The van der Waals surface area contributed by atoms with Crippen LogP contribution < -0.4 is 10.2 Å². The molecule has 4 aromatic rings. The molecule has 0 saturated carbocycles. The van der Waals surface area contributed by atoms with Gasteiger partial charge in [0.1, 0.15) is 22.2 Å². The molecule has 0 aliphatic carbocycles. The van der Waals surface area contributed by atoms with Gasteiger partial charge in [0.15, 0.2) is 5.76 Å². The number of nitrogens with zero attached hydrogens (tertiary/aromatic N) is 5. The third kappa shape index (κ3) is 4.02. The lowest BCUT2D eigenvalue weighted by Gasteiger charge is -2.02. The predicted octanol–water partition coefficient (Wildman–Crippen LogP) is 3.89. The normalized spacial score (nSPS) is 11.0. The number of hydrogen-bond donors (Lipinski definition) is 1. The molecule has 0 spiro atoms. The standard InChI is InChI=1S/C20H16N6O4/c1-29-16-7-5-15(6-8-16)25-13-14(12-22-23-18-4-2-3-11-21-18)20(24-25)17-9-10-19(30-17)26(27)28/h2-13H,1H3,(H,21,23). The zero-order valence-corrected chi connectivity index (χ0v) is 15.8. The molecule has 3 aromatic heterocycles. The Morgan fingerprint density at radius 2 is 2.03 bits per heavy atom. The molecule has 0 saturated heterocycles. The van der Waals surface area contributed by atoms with Gasteiger partial charge in [0.05, 0.1) is 25.1 Å². The molecule has 0 fully saturated rings. The number of methoxy groups -OCH3 is 1. The summed E-state index contributed by atoms with van der Waals surface area (Å²) in [4.78, 5) is 14.5. The molecule has 30 heavy (non-hydrogen) atoms. The van der Waals surface area contributed by atoms with Gasteiger partial charge in [-0.05, 0) is 42.5 Å². The lowest BCUT2D eigenvalue weighted by Crippen LogP contribution is -1.94. The molecule has 0 aliphatic heterocycles. The fourth-order valence-corrected chi connectivity index (χ4v) is 2.69. The fraction of sp³-hybridized carbons (Fsp3) is 0.0500. The maximum Gasteiger partial charge on any atom is 0.433 e. The van der Waals surface area contributed by atoms with Crippen LogP contribution >= 0.6 is 0 Å². The van der Waals surface area contributed by atoms with E-state index in [1.54, 1.807) is 42.5 Å². The number of nitro groups is 1. The molecule has 0 aliphatic rings. The summed E-state index contributed by atoms with van der Waals surface area (Å²) in [6.45, 7) is 0. The number of benzene rings is 1. The van der Waals surface area contributed by atoms with E-state index in [4.69, 9.17) is 9.15 Å². The van der Waals surface area contributed by atoms with Crippen LogP contribution in [0, 0.1) is 10.1 Å². The highest BCUT2D eigenvalue weighted by atomic mass is 16.6. The van der Waals surface area contributed by atoms with Gasteiger partial charge in [-0.25, -0.2) is 9.67 Å². The molecule has 0 radical (unpaired) electrons. The number of nitrogens with one attached hydrogen (secondary N) is 1. The molecular formula is C20H16N6O4. The van der Waals surface area contributed by atoms with E-state index in [0.29, 0.717) is 22.8 Å². The van der Waals surface area contributed by atoms with Gasteiger partial charge >= 0.3 is 5.88 Å². The summed E-state index contributed by atoms with van der Waals surface area (Å²) in [5.74, 6) is 1.19. The van der Waals surface area contributed by atoms with Crippen molar-refractivity contribution in [3.8, 4) is 22.9 Å². The van der Waals surface area contributed by atoms with Crippen molar-refractivity contribution in [3.63, 3.8) is 0 Å². The summed E-state index contributed by atoms with van der Waals surface area (Å²) in [5, 5.41) is 19.7. The topological polar surface area (TPSA) is 121 Å². The highest BCUT2D eigenvalue weighted by molar-refractivity contribution is 5.88. The van der Waals surface area contributed by atoms with E-state index in [2.05, 4.69) is 20.6 Å². The van der Waals surface area contributed by atoms with E-state index < -0.39 is 4.92 Å². The number of hydrogen-bond acceptors (Lipinski definition) is 8. The summed E-state index contributed by atoms with van der Waals surface area (Å²) < 4.78 is 12.1. The molecule has 150 valence electrons. The van der Waals surface area contributed by atoms with Gasteiger partial charge in [0, 0.05) is 18.0 Å². The van der Waals surface area contributed by atoms with Crippen LogP contribution in [-0.2, 0) is 0 Å². The van der Waals surface area contributed by atoms with E-state index in [-0.39, 0.29) is 11.6 Å². The summed E-state index contributed by atoms with van der Waals surface area (Å²) in [6.07, 6.45) is 4.94. The van der Waals surface area contributed by atoms with Crippen molar-refractivity contribution < 1.29 is 14.1 Å². The monoisotopic (exact) mass is 404 g/mol. The number of aromatic nitrogens is 3.